The molecule has 5 heteroatoms. The Bertz CT molecular complexity index is 76.2. The molecule has 0 aromatic rings. The van der Waals surface area contributed by atoms with Crippen molar-refractivity contribution in [3.8, 4) is 0 Å². The van der Waals surface area contributed by atoms with E-state index in [2.05, 4.69) is 4.90 Å². The Balaban J connectivity index is 0. The molecule has 0 bridgehead atoms. The Hall–Kier alpha value is 1.34. The van der Waals surface area contributed by atoms with Crippen LogP contribution < -0.4 is 0 Å². The number of nitrogens with zero attached hydrogens (tertiary/aromatic N) is 1. The largest absolute Gasteiger partial charge is 0.395 e. The second-order valence-corrected chi connectivity index (χ2v) is 2.18. The normalized spacial score (nSPS) is 18.3. The lowest BCUT2D eigenvalue weighted by atomic mass is 10.4. The molecular formula is C6H15I2NO2. The van der Waals surface area contributed by atoms with Gasteiger partial charge in [-0.25, -0.2) is 0 Å². The number of halogens is 2. The molecule has 1 rings (SSSR count). The molecule has 0 radical (unpaired) electrons. The van der Waals surface area contributed by atoms with Gasteiger partial charge in [0.05, 0.1) is 19.8 Å². The molecule has 1 N–H and O–H groups in total. The fraction of sp³-hybridized carbons (Fsp3) is 1.00. The smallest absolute Gasteiger partial charge is 0.0594 e. The van der Waals surface area contributed by atoms with Crippen LogP contribution in [0.15, 0.2) is 0 Å². The lowest BCUT2D eigenvalue weighted by Crippen LogP contribution is -2.37. The Morgan fingerprint density at radius 3 is 2.18 bits per heavy atom. The summed E-state index contributed by atoms with van der Waals surface area (Å²) in [5.41, 5.74) is 0. The summed E-state index contributed by atoms with van der Waals surface area (Å²) in [6.45, 7) is 4.64. The molecule has 0 aliphatic carbocycles. The van der Waals surface area contributed by atoms with E-state index in [-0.39, 0.29) is 54.6 Å². The summed E-state index contributed by atoms with van der Waals surface area (Å²) in [7, 11) is 0. The zero-order chi connectivity index (χ0) is 6.53. The predicted molar refractivity (Wildman–Crippen MR) is 65.2 cm³/mol. The van der Waals surface area contributed by atoms with Gasteiger partial charge in [0.2, 0.25) is 0 Å². The number of hydrogen-bond acceptors (Lipinski definition) is 3. The van der Waals surface area contributed by atoms with Crippen LogP contribution in [0.3, 0.4) is 0 Å². The van der Waals surface area contributed by atoms with Crippen LogP contribution in [-0.4, -0.2) is 49.5 Å². The number of hydrogen-bond donors (Lipinski definition) is 1. The molecule has 1 fully saturated rings. The number of aliphatic hydroxyl groups excluding tert-OH is 1. The van der Waals surface area contributed by atoms with Gasteiger partial charge in [-0.15, -0.1) is 48.0 Å². The van der Waals surface area contributed by atoms with Crippen molar-refractivity contribution in [2.24, 2.45) is 0 Å². The van der Waals surface area contributed by atoms with Crippen molar-refractivity contribution >= 4 is 48.0 Å². The lowest BCUT2D eigenvalue weighted by molar-refractivity contribution is 0.0306. The van der Waals surface area contributed by atoms with E-state index in [9.17, 15) is 0 Å². The van der Waals surface area contributed by atoms with Crippen molar-refractivity contribution in [3.05, 3.63) is 0 Å². The van der Waals surface area contributed by atoms with E-state index in [0.29, 0.717) is 0 Å². The Kier molecular flexibility index (Phi) is 12.7. The third kappa shape index (κ3) is 6.50. The summed E-state index contributed by atoms with van der Waals surface area (Å²) in [4.78, 5) is 2.20. The number of β-amino-alcohol motifs (C(OH)–C–C–N with tert-alkyl or cyclic N) is 1. The van der Waals surface area contributed by atoms with Gasteiger partial charge in [-0.1, -0.05) is 0 Å². The molecule has 0 atom stereocenters. The molecule has 70 valence electrons. The van der Waals surface area contributed by atoms with Crippen LogP contribution in [0.25, 0.3) is 0 Å². The molecule has 0 aromatic heterocycles. The van der Waals surface area contributed by atoms with Crippen molar-refractivity contribution in [2.45, 2.75) is 0 Å². The van der Waals surface area contributed by atoms with Gasteiger partial charge in [0, 0.05) is 19.6 Å². The maximum Gasteiger partial charge on any atom is 0.0594 e. The highest BCUT2D eigenvalue weighted by atomic mass is 127. The zero-order valence-corrected chi connectivity index (χ0v) is 11.0. The van der Waals surface area contributed by atoms with Crippen LogP contribution >= 0.6 is 48.0 Å². The van der Waals surface area contributed by atoms with E-state index in [1.807, 2.05) is 0 Å². The molecule has 3 nitrogen and oxygen atoms in total. The van der Waals surface area contributed by atoms with E-state index in [4.69, 9.17) is 9.84 Å². The van der Waals surface area contributed by atoms with Gasteiger partial charge in [-0.3, -0.25) is 4.90 Å². The van der Waals surface area contributed by atoms with Gasteiger partial charge in [0.15, 0.2) is 0 Å². The van der Waals surface area contributed by atoms with E-state index in [1.165, 1.54) is 0 Å². The predicted octanol–water partition coefficient (Wildman–Crippen LogP) is 0.547. The van der Waals surface area contributed by atoms with Crippen LogP contribution in [0.4, 0.5) is 0 Å². The van der Waals surface area contributed by atoms with Gasteiger partial charge in [0.25, 0.3) is 0 Å². The van der Waals surface area contributed by atoms with Gasteiger partial charge < -0.3 is 9.84 Å². The first-order chi connectivity index (χ1) is 4.43. The number of ether oxygens (including phenoxy) is 1. The molecule has 11 heavy (non-hydrogen) atoms. The van der Waals surface area contributed by atoms with Crippen LogP contribution in [-0.2, 0) is 4.74 Å². The van der Waals surface area contributed by atoms with Crippen molar-refractivity contribution in [1.29, 1.82) is 0 Å². The third-order valence-corrected chi connectivity index (χ3v) is 1.52. The summed E-state index contributed by atoms with van der Waals surface area (Å²) in [5.74, 6) is 0. The molecular weight excluding hydrogens is 372 g/mol. The third-order valence-electron chi connectivity index (χ3n) is 1.52. The molecule has 0 unspecified atom stereocenters. The van der Waals surface area contributed by atoms with Gasteiger partial charge >= 0.3 is 0 Å². The number of rotatable bonds is 2. The second-order valence-electron chi connectivity index (χ2n) is 2.18. The molecule has 1 heterocycles. The Labute approximate surface area is 102 Å². The molecule has 0 saturated carbocycles. The van der Waals surface area contributed by atoms with Crippen molar-refractivity contribution in [3.63, 3.8) is 0 Å². The maximum atomic E-state index is 8.54. The van der Waals surface area contributed by atoms with E-state index < -0.39 is 0 Å². The number of morpholine rings is 1. The minimum absolute atomic E-state index is 0. The van der Waals surface area contributed by atoms with Crippen LogP contribution in [0, 0.1) is 0 Å². The number of aliphatic hydroxyl groups is 1. The summed E-state index contributed by atoms with van der Waals surface area (Å²) >= 11 is 0. The standard InChI is InChI=1S/C6H13NO2.2HI/c8-4-1-7-2-5-9-6-3-7;;/h8H,1-6H2;2*1H. The molecule has 0 spiro atoms. The average molecular weight is 387 g/mol. The van der Waals surface area contributed by atoms with Gasteiger partial charge in [0.1, 0.15) is 0 Å². The molecule has 0 aromatic carbocycles. The monoisotopic (exact) mass is 387 g/mol. The highest BCUT2D eigenvalue weighted by molar-refractivity contribution is 14.0. The van der Waals surface area contributed by atoms with Crippen LogP contribution in [0.1, 0.15) is 0 Å². The highest BCUT2D eigenvalue weighted by Crippen LogP contribution is 1.93. The van der Waals surface area contributed by atoms with Gasteiger partial charge in [-0.05, 0) is 0 Å². The average Bonchev–Trinajstić information content (AvgIpc) is 1.91. The fourth-order valence-corrected chi connectivity index (χ4v) is 0.966. The van der Waals surface area contributed by atoms with Crippen molar-refractivity contribution < 1.29 is 9.84 Å². The van der Waals surface area contributed by atoms with Crippen molar-refractivity contribution in [1.82, 2.24) is 4.90 Å². The summed E-state index contributed by atoms with van der Waals surface area (Å²) < 4.78 is 5.12. The zero-order valence-electron chi connectivity index (χ0n) is 6.36. The first-order valence-corrected chi connectivity index (χ1v) is 3.34. The van der Waals surface area contributed by atoms with Crippen LogP contribution in [0.5, 0.6) is 0 Å². The Morgan fingerprint density at radius 2 is 1.73 bits per heavy atom. The van der Waals surface area contributed by atoms with E-state index >= 15 is 0 Å². The quantitative estimate of drug-likeness (QED) is 0.703. The topological polar surface area (TPSA) is 32.7 Å². The Morgan fingerprint density at radius 1 is 1.18 bits per heavy atom. The van der Waals surface area contributed by atoms with Crippen LogP contribution in [0.2, 0.25) is 0 Å². The lowest BCUT2D eigenvalue weighted by Gasteiger charge is -2.25. The molecule has 1 aliphatic heterocycles. The summed E-state index contributed by atoms with van der Waals surface area (Å²) in [6.07, 6.45) is 0. The van der Waals surface area contributed by atoms with Crippen molar-refractivity contribution in [2.75, 3.05) is 39.5 Å². The van der Waals surface area contributed by atoms with E-state index in [0.717, 1.165) is 32.8 Å². The minimum Gasteiger partial charge on any atom is -0.395 e. The summed E-state index contributed by atoms with van der Waals surface area (Å²) in [5, 5.41) is 8.54. The van der Waals surface area contributed by atoms with Gasteiger partial charge in [-0.2, -0.15) is 0 Å². The molecule has 0 amide bonds. The summed E-state index contributed by atoms with van der Waals surface area (Å²) in [6, 6.07) is 0. The molecule has 1 aliphatic rings. The fourth-order valence-electron chi connectivity index (χ4n) is 0.966. The highest BCUT2D eigenvalue weighted by Gasteiger charge is 2.07. The first kappa shape index (κ1) is 14.8. The second kappa shape index (κ2) is 9.43. The van der Waals surface area contributed by atoms with E-state index in [1.54, 1.807) is 0 Å². The minimum atomic E-state index is 0. The SMILES string of the molecule is I.I.OCCN1CCOCC1. The first-order valence-electron chi connectivity index (χ1n) is 3.34. The maximum absolute atomic E-state index is 8.54. The molecule has 1 saturated heterocycles.